The molecule has 0 radical (unpaired) electrons. The summed E-state index contributed by atoms with van der Waals surface area (Å²) in [7, 11) is -6.38. The average Bonchev–Trinajstić information content (AvgIpc) is 2.98. The molecule has 0 amide bonds. The number of piperidine rings is 3. The number of sulfonamides is 1. The summed E-state index contributed by atoms with van der Waals surface area (Å²) in [6, 6.07) is 0. The van der Waals surface area contributed by atoms with Crippen LogP contribution in [-0.2, 0) is 25.0 Å². The molecule has 270 valence electrons. The Labute approximate surface area is 277 Å². The molecule has 2 atom stereocenters. The first-order chi connectivity index (χ1) is 20.8. The quantitative estimate of drug-likeness (QED) is 0.380. The van der Waals surface area contributed by atoms with E-state index in [0.29, 0.717) is 68.2 Å². The van der Waals surface area contributed by atoms with Crippen molar-refractivity contribution in [1.29, 1.82) is 0 Å². The van der Waals surface area contributed by atoms with E-state index in [1.807, 2.05) is 0 Å². The lowest BCUT2D eigenvalue weighted by molar-refractivity contribution is 0.0523. The molecular weight excluding hydrogens is 616 g/mol. The van der Waals surface area contributed by atoms with Gasteiger partial charge in [-0.05, 0) is 98.8 Å². The number of nitrogens with two attached hydrogens (primary N) is 1. The largest absolute Gasteiger partial charge is 0.381 e. The summed E-state index contributed by atoms with van der Waals surface area (Å²) in [6.45, 7) is 23.7. The van der Waals surface area contributed by atoms with Gasteiger partial charge in [-0.15, -0.1) is 0 Å². The summed E-state index contributed by atoms with van der Waals surface area (Å²) in [6.07, 6.45) is 8.14. The zero-order chi connectivity index (χ0) is 34.4. The molecule has 2 unspecified atom stereocenters. The maximum atomic E-state index is 13.0. The van der Waals surface area contributed by atoms with Gasteiger partial charge in [0.15, 0.2) is 0 Å². The number of nitrogens with one attached hydrogen (secondary N) is 1. The first-order valence-corrected chi connectivity index (χ1v) is 20.8. The van der Waals surface area contributed by atoms with Gasteiger partial charge >= 0.3 is 0 Å². The summed E-state index contributed by atoms with van der Waals surface area (Å²) < 4.78 is 65.6. The molecule has 0 aromatic rings. The van der Waals surface area contributed by atoms with Gasteiger partial charge in [0.1, 0.15) is 6.17 Å². The predicted molar refractivity (Wildman–Crippen MR) is 185 cm³/mol. The predicted octanol–water partition coefficient (Wildman–Crippen LogP) is 5.53. The Hall–Kier alpha value is -0.370. The highest BCUT2D eigenvalue weighted by Gasteiger charge is 2.28. The van der Waals surface area contributed by atoms with Crippen LogP contribution in [0.4, 0.5) is 4.39 Å². The van der Waals surface area contributed by atoms with Gasteiger partial charge in [0.05, 0.1) is 6.26 Å². The van der Waals surface area contributed by atoms with Crippen LogP contribution >= 0.6 is 0 Å². The molecule has 0 saturated carbocycles. The standard InChI is InChI=1S/C9H19NO2S.C8H16FN.C8H18N2O2S.C8H16O/c1-8(2)9-4-6-10(7-5-9)13(3,11)12;1-6(2)7-3-4-10-5-8(7)9;1-7(2)8-3-5-10(6-4-8)13(9,11)12;1-7(2)8-3-5-9-6-4-8/h8-9H,4-7H2,1-3H3;6-8,10H,3-5H2,1-2H3;7-8H,3-6H2,1-2H3,(H2,9,11,12);7-8H,3-6H2,1-2H3. The smallest absolute Gasteiger partial charge is 0.276 e. The van der Waals surface area contributed by atoms with Crippen LogP contribution in [0.25, 0.3) is 0 Å². The van der Waals surface area contributed by atoms with E-state index in [2.05, 4.69) is 60.7 Å². The van der Waals surface area contributed by atoms with Crippen molar-refractivity contribution in [3.8, 4) is 0 Å². The molecule has 4 aliphatic heterocycles. The molecule has 4 aliphatic rings. The van der Waals surface area contributed by atoms with Crippen LogP contribution in [0, 0.1) is 47.3 Å². The molecular formula is C33H69FN4O5S2. The Balaban J connectivity index is 0.000000303. The highest BCUT2D eigenvalue weighted by Crippen LogP contribution is 2.27. The summed E-state index contributed by atoms with van der Waals surface area (Å²) in [4.78, 5) is 0. The number of alkyl halides is 1. The molecule has 9 nitrogen and oxygen atoms in total. The first-order valence-electron chi connectivity index (χ1n) is 17.5. The Morgan fingerprint density at radius 1 is 0.667 bits per heavy atom. The Morgan fingerprint density at radius 3 is 1.36 bits per heavy atom. The Kier molecular flexibility index (Phi) is 19.8. The van der Waals surface area contributed by atoms with Gasteiger partial charge in [-0.3, -0.25) is 0 Å². The number of hydrogen-bond donors (Lipinski definition) is 2. The van der Waals surface area contributed by atoms with E-state index in [4.69, 9.17) is 9.88 Å². The molecule has 4 heterocycles. The van der Waals surface area contributed by atoms with Crippen molar-refractivity contribution >= 4 is 20.2 Å². The highest BCUT2D eigenvalue weighted by atomic mass is 32.2. The second-order valence-corrected chi connectivity index (χ2v) is 18.4. The molecule has 0 spiro atoms. The molecule has 0 aromatic carbocycles. The van der Waals surface area contributed by atoms with Gasteiger partial charge in [0.2, 0.25) is 10.0 Å². The van der Waals surface area contributed by atoms with E-state index in [1.165, 1.54) is 23.4 Å². The number of nitrogens with zero attached hydrogens (tertiary/aromatic N) is 2. The Morgan fingerprint density at radius 2 is 1.07 bits per heavy atom. The third-order valence-corrected chi connectivity index (χ3v) is 12.6. The second kappa shape index (κ2) is 20.9. The summed E-state index contributed by atoms with van der Waals surface area (Å²) in [5.41, 5.74) is 0. The van der Waals surface area contributed by atoms with Crippen molar-refractivity contribution in [3.63, 3.8) is 0 Å². The fourth-order valence-corrected chi connectivity index (χ4v) is 8.24. The van der Waals surface area contributed by atoms with Gasteiger partial charge < -0.3 is 10.1 Å². The van der Waals surface area contributed by atoms with E-state index < -0.39 is 26.4 Å². The van der Waals surface area contributed by atoms with Crippen LogP contribution in [0.5, 0.6) is 0 Å². The SMILES string of the molecule is CC(C)C1CCN(S(C)(=O)=O)CC1.CC(C)C1CCN(S(N)(=O)=O)CC1.CC(C)C1CCNCC1F.CC(C)C1CCOCC1. The van der Waals surface area contributed by atoms with Crippen LogP contribution in [0.1, 0.15) is 100 Å². The van der Waals surface area contributed by atoms with Crippen molar-refractivity contribution in [2.45, 2.75) is 107 Å². The molecule has 0 aromatic heterocycles. The van der Waals surface area contributed by atoms with E-state index in [1.54, 1.807) is 4.31 Å². The fraction of sp³-hybridized carbons (Fsp3) is 1.00. The molecule has 0 bridgehead atoms. The van der Waals surface area contributed by atoms with Crippen LogP contribution in [0.2, 0.25) is 0 Å². The van der Waals surface area contributed by atoms with E-state index in [9.17, 15) is 21.2 Å². The number of rotatable bonds is 6. The van der Waals surface area contributed by atoms with Crippen molar-refractivity contribution in [1.82, 2.24) is 13.9 Å². The van der Waals surface area contributed by atoms with Crippen molar-refractivity contribution in [3.05, 3.63) is 0 Å². The minimum atomic E-state index is -3.44. The van der Waals surface area contributed by atoms with Crippen molar-refractivity contribution in [2.75, 3.05) is 58.7 Å². The van der Waals surface area contributed by atoms with Gasteiger partial charge in [-0.25, -0.2) is 22.3 Å². The molecule has 4 fully saturated rings. The first kappa shape index (κ1) is 42.7. The Bertz CT molecular complexity index is 933. The van der Waals surface area contributed by atoms with Gasteiger partial charge in [-0.1, -0.05) is 55.4 Å². The molecule has 12 heteroatoms. The zero-order valence-corrected chi connectivity index (χ0v) is 31.6. The van der Waals surface area contributed by atoms with Crippen molar-refractivity contribution in [2.24, 2.45) is 52.5 Å². The third-order valence-electron chi connectivity index (χ3n) is 10.2. The zero-order valence-electron chi connectivity index (χ0n) is 30.0. The summed E-state index contributed by atoms with van der Waals surface area (Å²) in [5, 5.41) is 8.07. The molecule has 4 saturated heterocycles. The molecule has 4 rings (SSSR count). The van der Waals surface area contributed by atoms with Crippen LogP contribution in [0.3, 0.4) is 0 Å². The van der Waals surface area contributed by atoms with Crippen molar-refractivity contribution < 1.29 is 26.0 Å². The third kappa shape index (κ3) is 17.0. The molecule has 45 heavy (non-hydrogen) atoms. The summed E-state index contributed by atoms with van der Waals surface area (Å²) in [5.74, 6) is 5.26. The van der Waals surface area contributed by atoms with Crippen LogP contribution < -0.4 is 10.5 Å². The topological polar surface area (TPSA) is 122 Å². The summed E-state index contributed by atoms with van der Waals surface area (Å²) >= 11 is 0. The van der Waals surface area contributed by atoms with Crippen LogP contribution in [0.15, 0.2) is 0 Å². The average molecular weight is 685 g/mol. The monoisotopic (exact) mass is 684 g/mol. The lowest BCUT2D eigenvalue weighted by Crippen LogP contribution is -2.42. The fourth-order valence-electron chi connectivity index (χ4n) is 6.65. The highest BCUT2D eigenvalue weighted by molar-refractivity contribution is 7.88. The maximum Gasteiger partial charge on any atom is 0.276 e. The van der Waals surface area contributed by atoms with E-state index in [0.717, 1.165) is 63.7 Å². The van der Waals surface area contributed by atoms with Gasteiger partial charge in [0.25, 0.3) is 10.2 Å². The van der Waals surface area contributed by atoms with Gasteiger partial charge in [-0.2, -0.15) is 12.7 Å². The van der Waals surface area contributed by atoms with E-state index >= 15 is 0 Å². The lowest BCUT2D eigenvalue weighted by Gasteiger charge is -2.32. The minimum Gasteiger partial charge on any atom is -0.381 e. The normalized spacial score (nSPS) is 25.3. The molecule has 0 aliphatic carbocycles. The number of hydrogen-bond acceptors (Lipinski definition) is 6. The molecule has 3 N–H and O–H groups in total. The van der Waals surface area contributed by atoms with E-state index in [-0.39, 0.29) is 0 Å². The minimum absolute atomic E-state index is 0.293. The maximum absolute atomic E-state index is 13.0. The van der Waals surface area contributed by atoms with Gasteiger partial charge in [0, 0.05) is 45.9 Å². The number of halogens is 1. The second-order valence-electron chi connectivity index (χ2n) is 14.9. The lowest BCUT2D eigenvalue weighted by atomic mass is 9.86. The number of ether oxygens (including phenoxy) is 1. The van der Waals surface area contributed by atoms with Crippen LogP contribution in [-0.4, -0.2) is 90.4 Å².